The molecular weight excluding hydrogens is 436 g/mol. The molecule has 0 aliphatic rings. The normalized spacial score (nSPS) is 10.8. The number of para-hydroxylation sites is 1. The van der Waals surface area contributed by atoms with Gasteiger partial charge in [0.05, 0.1) is 25.5 Å². The van der Waals surface area contributed by atoms with E-state index in [9.17, 15) is 9.59 Å². The Morgan fingerprint density at radius 2 is 1.82 bits per heavy atom. The van der Waals surface area contributed by atoms with E-state index < -0.39 is 0 Å². The summed E-state index contributed by atoms with van der Waals surface area (Å²) in [5, 5.41) is 8.07. The number of methoxy groups -OCH3 is 1. The van der Waals surface area contributed by atoms with Crippen molar-refractivity contribution in [2.24, 2.45) is 0 Å². The van der Waals surface area contributed by atoms with Crippen molar-refractivity contribution in [2.75, 3.05) is 12.4 Å². The van der Waals surface area contributed by atoms with Gasteiger partial charge in [0.1, 0.15) is 16.5 Å². The molecule has 4 aromatic rings. The third-order valence-electron chi connectivity index (χ3n) is 4.90. The summed E-state index contributed by atoms with van der Waals surface area (Å²) in [5.41, 5.74) is 2.84. The molecular formula is C26H22N2O4S. The lowest BCUT2D eigenvalue weighted by Crippen LogP contribution is -2.24. The largest absolute Gasteiger partial charge is 0.496 e. The van der Waals surface area contributed by atoms with Crippen molar-refractivity contribution in [3.05, 3.63) is 101 Å². The van der Waals surface area contributed by atoms with E-state index in [2.05, 4.69) is 10.6 Å². The number of thiophene rings is 1. The molecule has 2 aromatic heterocycles. The average Bonchev–Trinajstić information content (AvgIpc) is 3.52. The number of carbonyl (C=O) groups is 2. The van der Waals surface area contributed by atoms with Gasteiger partial charge in [-0.05, 0) is 29.8 Å². The van der Waals surface area contributed by atoms with E-state index in [4.69, 9.17) is 9.15 Å². The average molecular weight is 459 g/mol. The van der Waals surface area contributed by atoms with Crippen LogP contribution in [0.15, 0.2) is 88.9 Å². The molecule has 0 bridgehead atoms. The Hall–Kier alpha value is -4.10. The first-order valence-electron chi connectivity index (χ1n) is 10.3. The van der Waals surface area contributed by atoms with Gasteiger partial charge in [-0.2, -0.15) is 0 Å². The van der Waals surface area contributed by atoms with Gasteiger partial charge >= 0.3 is 0 Å². The van der Waals surface area contributed by atoms with Crippen LogP contribution in [0.2, 0.25) is 0 Å². The van der Waals surface area contributed by atoms with Crippen LogP contribution in [0.3, 0.4) is 0 Å². The number of anilines is 1. The predicted molar refractivity (Wildman–Crippen MR) is 130 cm³/mol. The fourth-order valence-electron chi connectivity index (χ4n) is 3.30. The van der Waals surface area contributed by atoms with Gasteiger partial charge in [-0.3, -0.25) is 9.59 Å². The van der Waals surface area contributed by atoms with Crippen LogP contribution in [0.5, 0.6) is 5.75 Å². The zero-order chi connectivity index (χ0) is 23.0. The van der Waals surface area contributed by atoms with E-state index in [0.717, 1.165) is 16.7 Å². The third-order valence-corrected chi connectivity index (χ3v) is 5.79. The van der Waals surface area contributed by atoms with Crippen molar-refractivity contribution in [3.8, 4) is 16.9 Å². The Morgan fingerprint density at radius 3 is 2.58 bits per heavy atom. The second-order valence-electron chi connectivity index (χ2n) is 7.05. The van der Waals surface area contributed by atoms with Crippen LogP contribution in [0, 0.1) is 0 Å². The number of nitrogens with one attached hydrogen (secondary N) is 2. The quantitative estimate of drug-likeness (QED) is 0.337. The first-order valence-corrected chi connectivity index (χ1v) is 11.1. The fraction of sp³-hybridized carbons (Fsp3) is 0.0769. The van der Waals surface area contributed by atoms with Gasteiger partial charge in [0.25, 0.3) is 5.91 Å². The minimum Gasteiger partial charge on any atom is -0.496 e. The number of carbonyl (C=O) groups excluding carboxylic acids is 2. The molecule has 0 fully saturated rings. The van der Waals surface area contributed by atoms with Crippen LogP contribution in [-0.2, 0) is 11.3 Å². The summed E-state index contributed by atoms with van der Waals surface area (Å²) in [7, 11) is 1.58. The highest BCUT2D eigenvalue weighted by molar-refractivity contribution is 7.15. The van der Waals surface area contributed by atoms with Crippen molar-refractivity contribution in [3.63, 3.8) is 0 Å². The summed E-state index contributed by atoms with van der Waals surface area (Å²) in [6.07, 6.45) is 4.65. The van der Waals surface area contributed by atoms with Crippen LogP contribution in [-0.4, -0.2) is 18.9 Å². The molecule has 0 saturated heterocycles. The van der Waals surface area contributed by atoms with Crippen LogP contribution in [0.4, 0.5) is 5.00 Å². The van der Waals surface area contributed by atoms with Gasteiger partial charge in [-0.15, -0.1) is 11.3 Å². The lowest BCUT2D eigenvalue weighted by molar-refractivity contribution is -0.111. The molecule has 166 valence electrons. The molecule has 4 rings (SSSR count). The van der Waals surface area contributed by atoms with E-state index in [1.807, 2.05) is 60.0 Å². The molecule has 2 aromatic carbocycles. The minimum atomic E-state index is -0.345. The summed E-state index contributed by atoms with van der Waals surface area (Å²) in [4.78, 5) is 25.8. The van der Waals surface area contributed by atoms with Gasteiger partial charge in [-0.25, -0.2) is 0 Å². The van der Waals surface area contributed by atoms with Gasteiger partial charge in [0.15, 0.2) is 0 Å². The molecule has 7 heteroatoms. The second kappa shape index (κ2) is 10.5. The zero-order valence-electron chi connectivity index (χ0n) is 17.9. The zero-order valence-corrected chi connectivity index (χ0v) is 18.7. The lowest BCUT2D eigenvalue weighted by atomic mass is 10.0. The van der Waals surface area contributed by atoms with Crippen LogP contribution in [0.25, 0.3) is 17.2 Å². The third kappa shape index (κ3) is 5.39. The Labute approximate surface area is 195 Å². The Kier molecular flexibility index (Phi) is 7.02. The lowest BCUT2D eigenvalue weighted by Gasteiger charge is -2.09. The highest BCUT2D eigenvalue weighted by Gasteiger charge is 2.21. The standard InChI is InChI=1S/C26H22N2O4S/c1-31-22-12-6-5-10-19(22)13-14-23(29)28-26-24(25(30)27-16-20-11-7-15-32-20)21(17-33-26)18-8-3-2-4-9-18/h2-15,17H,16H2,1H3,(H,27,30)(H,28,29). The van der Waals surface area contributed by atoms with E-state index in [-0.39, 0.29) is 18.4 Å². The summed E-state index contributed by atoms with van der Waals surface area (Å²) < 4.78 is 10.6. The second-order valence-corrected chi connectivity index (χ2v) is 7.93. The number of furan rings is 1. The van der Waals surface area contributed by atoms with Crippen LogP contribution in [0.1, 0.15) is 21.7 Å². The van der Waals surface area contributed by atoms with Crippen molar-refractivity contribution >= 4 is 34.2 Å². The van der Waals surface area contributed by atoms with Gasteiger partial charge < -0.3 is 19.8 Å². The number of hydrogen-bond donors (Lipinski definition) is 2. The van der Waals surface area contributed by atoms with Crippen molar-refractivity contribution in [1.82, 2.24) is 5.32 Å². The predicted octanol–water partition coefficient (Wildman–Crippen LogP) is 5.60. The molecule has 2 amide bonds. The first kappa shape index (κ1) is 22.1. The molecule has 0 radical (unpaired) electrons. The Bertz CT molecular complexity index is 1260. The van der Waals surface area contributed by atoms with E-state index in [1.165, 1.54) is 17.4 Å². The smallest absolute Gasteiger partial charge is 0.255 e. The maximum absolute atomic E-state index is 13.1. The highest BCUT2D eigenvalue weighted by atomic mass is 32.1. The highest BCUT2D eigenvalue weighted by Crippen LogP contribution is 2.35. The Morgan fingerprint density at radius 1 is 1.03 bits per heavy atom. The molecule has 0 spiro atoms. The monoisotopic (exact) mass is 458 g/mol. The molecule has 0 atom stereocenters. The van der Waals surface area contributed by atoms with E-state index in [0.29, 0.717) is 22.1 Å². The number of amides is 2. The van der Waals surface area contributed by atoms with E-state index in [1.54, 1.807) is 31.6 Å². The molecule has 2 N–H and O–H groups in total. The number of hydrogen-bond acceptors (Lipinski definition) is 5. The topological polar surface area (TPSA) is 80.6 Å². The van der Waals surface area contributed by atoms with E-state index >= 15 is 0 Å². The summed E-state index contributed by atoms with van der Waals surface area (Å²) in [6.45, 7) is 0.247. The Balaban J connectivity index is 1.58. The maximum atomic E-state index is 13.1. The number of benzene rings is 2. The van der Waals surface area contributed by atoms with Crippen molar-refractivity contribution < 1.29 is 18.7 Å². The van der Waals surface area contributed by atoms with Gasteiger partial charge in [0.2, 0.25) is 5.91 Å². The molecule has 0 aliphatic heterocycles. The fourth-order valence-corrected chi connectivity index (χ4v) is 4.27. The van der Waals surface area contributed by atoms with Crippen LogP contribution < -0.4 is 15.4 Å². The molecule has 6 nitrogen and oxygen atoms in total. The van der Waals surface area contributed by atoms with Crippen molar-refractivity contribution in [2.45, 2.75) is 6.54 Å². The molecule has 0 aliphatic carbocycles. The number of rotatable bonds is 8. The van der Waals surface area contributed by atoms with Crippen LogP contribution >= 0.6 is 11.3 Å². The first-order chi connectivity index (χ1) is 16.2. The summed E-state index contributed by atoms with van der Waals surface area (Å²) in [6, 6.07) is 20.6. The number of ether oxygens (including phenoxy) is 1. The van der Waals surface area contributed by atoms with Gasteiger partial charge in [-0.1, -0.05) is 48.5 Å². The minimum absolute atomic E-state index is 0.247. The summed E-state index contributed by atoms with van der Waals surface area (Å²) in [5.74, 6) is 0.671. The molecule has 33 heavy (non-hydrogen) atoms. The molecule has 0 saturated carbocycles. The molecule has 0 unspecified atom stereocenters. The summed E-state index contributed by atoms with van der Waals surface area (Å²) >= 11 is 1.31. The SMILES string of the molecule is COc1ccccc1C=CC(=O)Nc1scc(-c2ccccc2)c1C(=O)NCc1ccco1. The van der Waals surface area contributed by atoms with Gasteiger partial charge in [0, 0.05) is 22.6 Å². The van der Waals surface area contributed by atoms with Crippen molar-refractivity contribution in [1.29, 1.82) is 0 Å². The molecule has 2 heterocycles. The maximum Gasteiger partial charge on any atom is 0.255 e.